The number of carboxylic acids is 1. The lowest BCUT2D eigenvalue weighted by Gasteiger charge is -2.24. The normalized spacial score (nSPS) is 9.65. The van der Waals surface area contributed by atoms with Crippen LogP contribution in [0.4, 0.5) is 5.69 Å². The topological polar surface area (TPSA) is 66.8 Å². The van der Waals surface area contributed by atoms with Crippen molar-refractivity contribution in [1.29, 1.82) is 0 Å². The van der Waals surface area contributed by atoms with Crippen LogP contribution >= 0.6 is 0 Å². The maximum Gasteiger partial charge on any atom is 0.340 e. The van der Waals surface area contributed by atoms with Gasteiger partial charge in [0.1, 0.15) is 0 Å². The summed E-state index contributed by atoms with van der Waals surface area (Å²) in [6.07, 6.45) is 3.33. The third-order valence-electron chi connectivity index (χ3n) is 2.70. The summed E-state index contributed by atoms with van der Waals surface area (Å²) < 4.78 is 4.69. The molecular weight excluding hydrogens is 258 g/mol. The monoisotopic (exact) mass is 275 g/mol. The second-order valence-corrected chi connectivity index (χ2v) is 3.98. The number of nitrogens with zero attached hydrogens (tertiary/aromatic N) is 1. The molecule has 1 aromatic carbocycles. The highest BCUT2D eigenvalue weighted by atomic mass is 16.5. The van der Waals surface area contributed by atoms with Crippen LogP contribution < -0.4 is 4.90 Å². The van der Waals surface area contributed by atoms with Gasteiger partial charge in [0.05, 0.1) is 23.9 Å². The summed E-state index contributed by atoms with van der Waals surface area (Å²) in [5.41, 5.74) is 0.426. The minimum absolute atomic E-state index is 0.0335. The zero-order valence-electron chi connectivity index (χ0n) is 11.3. The van der Waals surface area contributed by atoms with Gasteiger partial charge in [-0.05, 0) is 12.1 Å². The molecule has 0 atom stereocenters. The van der Waals surface area contributed by atoms with Crippen molar-refractivity contribution in [3.05, 3.63) is 54.6 Å². The van der Waals surface area contributed by atoms with Crippen molar-refractivity contribution in [3.63, 3.8) is 0 Å². The maximum absolute atomic E-state index is 11.9. The van der Waals surface area contributed by atoms with E-state index in [-0.39, 0.29) is 11.1 Å². The number of anilines is 1. The molecule has 0 radical (unpaired) electrons. The van der Waals surface area contributed by atoms with E-state index >= 15 is 0 Å². The van der Waals surface area contributed by atoms with E-state index in [0.29, 0.717) is 18.8 Å². The number of carboxylic acid groups (broad SMARTS) is 1. The molecule has 5 nitrogen and oxygen atoms in total. The van der Waals surface area contributed by atoms with E-state index in [4.69, 9.17) is 4.74 Å². The molecule has 0 fully saturated rings. The summed E-state index contributed by atoms with van der Waals surface area (Å²) in [7, 11) is 1.22. The van der Waals surface area contributed by atoms with Crippen LogP contribution in [0.5, 0.6) is 0 Å². The predicted octanol–water partition coefficient (Wildman–Crippen LogP) is 2.35. The quantitative estimate of drug-likeness (QED) is 0.611. The number of methoxy groups -OCH3 is 1. The molecule has 1 N–H and O–H groups in total. The van der Waals surface area contributed by atoms with Crippen molar-refractivity contribution < 1.29 is 19.4 Å². The number of ether oxygens (including phenoxy) is 1. The Morgan fingerprint density at radius 2 is 1.90 bits per heavy atom. The Morgan fingerprint density at radius 1 is 1.30 bits per heavy atom. The molecule has 106 valence electrons. The lowest BCUT2D eigenvalue weighted by molar-refractivity contribution is 0.0583. The predicted molar refractivity (Wildman–Crippen MR) is 77.3 cm³/mol. The molecule has 0 aliphatic rings. The minimum atomic E-state index is -1.18. The molecule has 0 bridgehead atoms. The lowest BCUT2D eigenvalue weighted by atomic mass is 10.0. The largest absolute Gasteiger partial charge is 0.478 e. The van der Waals surface area contributed by atoms with E-state index in [1.54, 1.807) is 29.2 Å². The van der Waals surface area contributed by atoms with Crippen molar-refractivity contribution in [2.45, 2.75) is 0 Å². The molecule has 0 amide bonds. The van der Waals surface area contributed by atoms with E-state index in [2.05, 4.69) is 13.2 Å². The maximum atomic E-state index is 11.9. The second kappa shape index (κ2) is 7.13. The van der Waals surface area contributed by atoms with E-state index in [9.17, 15) is 14.7 Å². The van der Waals surface area contributed by atoms with Crippen molar-refractivity contribution in [3.8, 4) is 0 Å². The van der Waals surface area contributed by atoms with Crippen LogP contribution in [-0.4, -0.2) is 37.2 Å². The molecule has 0 aliphatic carbocycles. The minimum Gasteiger partial charge on any atom is -0.478 e. The number of carbonyl (C=O) groups excluding carboxylic acids is 1. The summed E-state index contributed by atoms with van der Waals surface area (Å²) in [6, 6.07) is 4.63. The average Bonchev–Trinajstić information content (AvgIpc) is 2.45. The van der Waals surface area contributed by atoms with Crippen molar-refractivity contribution in [1.82, 2.24) is 0 Å². The Balaban J connectivity index is 3.46. The summed E-state index contributed by atoms with van der Waals surface area (Å²) in [5, 5.41) is 9.21. The summed E-state index contributed by atoms with van der Waals surface area (Å²) >= 11 is 0. The number of aromatic carboxylic acids is 1. The molecule has 1 rings (SSSR count). The fourth-order valence-corrected chi connectivity index (χ4v) is 1.88. The Morgan fingerprint density at radius 3 is 2.35 bits per heavy atom. The van der Waals surface area contributed by atoms with Gasteiger partial charge in [0.25, 0.3) is 0 Å². The van der Waals surface area contributed by atoms with Crippen LogP contribution in [0.1, 0.15) is 20.7 Å². The first-order valence-corrected chi connectivity index (χ1v) is 5.98. The molecular formula is C15H17NO4. The first kappa shape index (κ1) is 15.5. The molecule has 0 saturated heterocycles. The van der Waals surface area contributed by atoms with Gasteiger partial charge in [-0.2, -0.15) is 0 Å². The van der Waals surface area contributed by atoms with Gasteiger partial charge >= 0.3 is 11.9 Å². The summed E-state index contributed by atoms with van der Waals surface area (Å²) in [5.74, 6) is -1.86. The zero-order valence-corrected chi connectivity index (χ0v) is 11.3. The number of esters is 1. The third kappa shape index (κ3) is 3.26. The van der Waals surface area contributed by atoms with Crippen LogP contribution in [0.25, 0.3) is 0 Å². The second-order valence-electron chi connectivity index (χ2n) is 3.98. The number of carbonyl (C=O) groups is 2. The Bertz CT molecular complexity index is 527. The fraction of sp³-hybridized carbons (Fsp3) is 0.200. The van der Waals surface area contributed by atoms with Crippen LogP contribution in [0.3, 0.4) is 0 Å². The Kier molecular flexibility index (Phi) is 5.53. The highest BCUT2D eigenvalue weighted by Crippen LogP contribution is 2.25. The summed E-state index contributed by atoms with van der Waals surface area (Å²) in [6.45, 7) is 8.22. The van der Waals surface area contributed by atoms with Gasteiger partial charge in [0.2, 0.25) is 0 Å². The Hall–Kier alpha value is -2.56. The van der Waals surface area contributed by atoms with Crippen LogP contribution in [0, 0.1) is 0 Å². The molecule has 5 heteroatoms. The highest BCUT2D eigenvalue weighted by Gasteiger charge is 2.23. The molecule has 0 aromatic heterocycles. The molecule has 20 heavy (non-hydrogen) atoms. The van der Waals surface area contributed by atoms with E-state index in [0.717, 1.165) is 0 Å². The first-order valence-electron chi connectivity index (χ1n) is 5.98. The fourth-order valence-electron chi connectivity index (χ4n) is 1.88. The van der Waals surface area contributed by atoms with Crippen molar-refractivity contribution in [2.75, 3.05) is 25.1 Å². The van der Waals surface area contributed by atoms with Crippen molar-refractivity contribution in [2.24, 2.45) is 0 Å². The molecule has 1 aromatic rings. The lowest BCUT2D eigenvalue weighted by Crippen LogP contribution is -2.26. The number of rotatable bonds is 7. The third-order valence-corrected chi connectivity index (χ3v) is 2.70. The Labute approximate surface area is 117 Å². The smallest absolute Gasteiger partial charge is 0.340 e. The highest BCUT2D eigenvalue weighted by molar-refractivity contribution is 6.06. The average molecular weight is 275 g/mol. The first-order chi connectivity index (χ1) is 9.56. The van der Waals surface area contributed by atoms with Crippen LogP contribution in [-0.2, 0) is 4.74 Å². The van der Waals surface area contributed by atoms with Gasteiger partial charge in [-0.3, -0.25) is 0 Å². The van der Waals surface area contributed by atoms with Gasteiger partial charge in [0, 0.05) is 13.1 Å². The number of hydrogen-bond acceptors (Lipinski definition) is 4. The van der Waals surface area contributed by atoms with Gasteiger partial charge in [-0.25, -0.2) is 9.59 Å². The molecule has 0 unspecified atom stereocenters. The molecule has 0 saturated carbocycles. The number of benzene rings is 1. The van der Waals surface area contributed by atoms with E-state index in [1.807, 2.05) is 0 Å². The molecule has 0 spiro atoms. The van der Waals surface area contributed by atoms with Crippen LogP contribution in [0.15, 0.2) is 43.5 Å². The van der Waals surface area contributed by atoms with Crippen molar-refractivity contribution >= 4 is 17.6 Å². The van der Waals surface area contributed by atoms with Gasteiger partial charge in [-0.1, -0.05) is 18.2 Å². The SMILES string of the molecule is C=CCN(CC=C)c1cccc(C(=O)O)c1C(=O)OC. The standard InChI is InChI=1S/C15H17NO4/c1-4-9-16(10-5-2)12-8-6-7-11(14(17)18)13(12)15(19)20-3/h4-8H,1-2,9-10H2,3H3,(H,17,18). The van der Waals surface area contributed by atoms with Gasteiger partial charge in [-0.15, -0.1) is 13.2 Å². The molecule has 0 aliphatic heterocycles. The van der Waals surface area contributed by atoms with Gasteiger partial charge < -0.3 is 14.7 Å². The van der Waals surface area contributed by atoms with E-state index < -0.39 is 11.9 Å². The van der Waals surface area contributed by atoms with E-state index in [1.165, 1.54) is 13.2 Å². The van der Waals surface area contributed by atoms with Gasteiger partial charge in [0.15, 0.2) is 0 Å². The summed E-state index contributed by atoms with van der Waals surface area (Å²) in [4.78, 5) is 25.0. The number of hydrogen-bond donors (Lipinski definition) is 1. The molecule has 0 heterocycles. The van der Waals surface area contributed by atoms with Crippen LogP contribution in [0.2, 0.25) is 0 Å². The zero-order chi connectivity index (χ0) is 15.1.